The van der Waals surface area contributed by atoms with Crippen LogP contribution < -0.4 is 9.46 Å². The molecule has 0 aliphatic heterocycles. The maximum absolute atomic E-state index is 12.3. The molecule has 0 amide bonds. The molecule has 0 saturated heterocycles. The van der Waals surface area contributed by atoms with E-state index in [4.69, 9.17) is 4.74 Å². The number of hydrogen-bond donors (Lipinski definition) is 1. The minimum Gasteiger partial charge on any atom is -0.492 e. The summed E-state index contributed by atoms with van der Waals surface area (Å²) in [6, 6.07) is 9.47. The summed E-state index contributed by atoms with van der Waals surface area (Å²) in [6.07, 6.45) is 0. The van der Waals surface area contributed by atoms with Gasteiger partial charge in [0.15, 0.2) is 0 Å². The summed E-state index contributed by atoms with van der Waals surface area (Å²) in [6.45, 7) is 5.66. The highest BCUT2D eigenvalue weighted by molar-refractivity contribution is 7.89. The zero-order valence-electron chi connectivity index (χ0n) is 14.3. The molecule has 2 aromatic carbocycles. The minimum atomic E-state index is -3.84. The van der Waals surface area contributed by atoms with E-state index in [2.05, 4.69) is 4.72 Å². The van der Waals surface area contributed by atoms with E-state index in [9.17, 15) is 18.5 Å². The summed E-state index contributed by atoms with van der Waals surface area (Å²) in [4.78, 5) is 10.2. The molecule has 2 aromatic rings. The average Bonchev–Trinajstić information content (AvgIpc) is 2.55. The summed E-state index contributed by atoms with van der Waals surface area (Å²) in [5.41, 5.74) is 2.27. The van der Waals surface area contributed by atoms with Crippen LogP contribution in [0.4, 0.5) is 5.69 Å². The van der Waals surface area contributed by atoms with Gasteiger partial charge >= 0.3 is 0 Å². The zero-order valence-corrected chi connectivity index (χ0v) is 15.1. The van der Waals surface area contributed by atoms with Crippen LogP contribution in [0, 0.1) is 30.9 Å². The van der Waals surface area contributed by atoms with Crippen molar-refractivity contribution < 1.29 is 18.1 Å². The fourth-order valence-corrected chi connectivity index (χ4v) is 3.29. The molecule has 0 heterocycles. The Morgan fingerprint density at radius 2 is 1.84 bits per heavy atom. The van der Waals surface area contributed by atoms with E-state index in [0.29, 0.717) is 11.3 Å². The monoisotopic (exact) mass is 364 g/mol. The summed E-state index contributed by atoms with van der Waals surface area (Å²) >= 11 is 0. The summed E-state index contributed by atoms with van der Waals surface area (Å²) in [5.74, 6) is 0.699. The van der Waals surface area contributed by atoms with Gasteiger partial charge in [0, 0.05) is 18.2 Å². The van der Waals surface area contributed by atoms with Gasteiger partial charge in [0.1, 0.15) is 12.4 Å². The SMILES string of the molecule is Cc1ccc(S(=O)(=O)NCCOc2cccc(C)c2C)cc1[N+](=O)[O-]. The van der Waals surface area contributed by atoms with Gasteiger partial charge in [0.25, 0.3) is 5.69 Å². The number of hydrogen-bond acceptors (Lipinski definition) is 5. The molecule has 0 atom stereocenters. The maximum Gasteiger partial charge on any atom is 0.273 e. The molecule has 7 nitrogen and oxygen atoms in total. The molecule has 0 aromatic heterocycles. The number of nitro benzene ring substituents is 1. The van der Waals surface area contributed by atoms with E-state index < -0.39 is 14.9 Å². The first kappa shape index (κ1) is 18.9. The first-order valence-electron chi connectivity index (χ1n) is 7.66. The molecule has 8 heteroatoms. The lowest BCUT2D eigenvalue weighted by atomic mass is 10.1. The Labute approximate surface area is 146 Å². The van der Waals surface area contributed by atoms with Crippen molar-refractivity contribution in [1.29, 1.82) is 0 Å². The second kappa shape index (κ2) is 7.62. The quantitative estimate of drug-likeness (QED) is 0.463. The standard InChI is InChI=1S/C17H20N2O5S/c1-12-5-4-6-17(14(12)3)24-10-9-18-25(22,23)15-8-7-13(2)16(11-15)19(20)21/h4-8,11,18H,9-10H2,1-3H3. The van der Waals surface area contributed by atoms with Gasteiger partial charge in [-0.25, -0.2) is 13.1 Å². The molecular formula is C17H20N2O5S. The number of sulfonamides is 1. The predicted octanol–water partition coefficient (Wildman–Crippen LogP) is 2.88. The van der Waals surface area contributed by atoms with Crippen LogP contribution in [0.2, 0.25) is 0 Å². The van der Waals surface area contributed by atoms with Gasteiger partial charge in [-0.3, -0.25) is 10.1 Å². The van der Waals surface area contributed by atoms with Crippen molar-refractivity contribution in [3.05, 3.63) is 63.2 Å². The van der Waals surface area contributed by atoms with Gasteiger partial charge in [0.2, 0.25) is 10.0 Å². The number of nitrogens with one attached hydrogen (secondary N) is 1. The van der Waals surface area contributed by atoms with Crippen LogP contribution in [0.1, 0.15) is 16.7 Å². The van der Waals surface area contributed by atoms with Gasteiger partial charge in [-0.15, -0.1) is 0 Å². The number of rotatable bonds is 7. The van der Waals surface area contributed by atoms with Gasteiger partial charge in [0.05, 0.1) is 9.82 Å². The molecule has 1 N–H and O–H groups in total. The molecular weight excluding hydrogens is 344 g/mol. The Morgan fingerprint density at radius 3 is 2.52 bits per heavy atom. The Kier molecular flexibility index (Phi) is 5.76. The van der Waals surface area contributed by atoms with E-state index in [1.165, 1.54) is 12.1 Å². The van der Waals surface area contributed by atoms with Crippen LogP contribution in [0.3, 0.4) is 0 Å². The number of benzene rings is 2. The molecule has 0 fully saturated rings. The molecule has 0 unspecified atom stereocenters. The van der Waals surface area contributed by atoms with Crippen molar-refractivity contribution in [2.75, 3.05) is 13.2 Å². The Morgan fingerprint density at radius 1 is 1.12 bits per heavy atom. The van der Waals surface area contributed by atoms with Crippen LogP contribution in [0.15, 0.2) is 41.3 Å². The van der Waals surface area contributed by atoms with E-state index in [1.807, 2.05) is 32.0 Å². The van der Waals surface area contributed by atoms with E-state index in [-0.39, 0.29) is 23.7 Å². The Hall–Kier alpha value is -2.45. The van der Waals surface area contributed by atoms with Gasteiger partial charge in [-0.05, 0) is 44.0 Å². The van der Waals surface area contributed by atoms with Gasteiger partial charge in [-0.2, -0.15) is 0 Å². The van der Waals surface area contributed by atoms with Crippen molar-refractivity contribution in [3.8, 4) is 5.75 Å². The van der Waals surface area contributed by atoms with E-state index >= 15 is 0 Å². The van der Waals surface area contributed by atoms with Gasteiger partial charge < -0.3 is 4.74 Å². The number of nitro groups is 1. The molecule has 25 heavy (non-hydrogen) atoms. The molecule has 0 bridgehead atoms. The number of aryl methyl sites for hydroxylation is 2. The number of nitrogens with zero attached hydrogens (tertiary/aromatic N) is 1. The van der Waals surface area contributed by atoms with Crippen LogP contribution in [0.5, 0.6) is 5.75 Å². The topological polar surface area (TPSA) is 98.5 Å². The fourth-order valence-electron chi connectivity index (χ4n) is 2.25. The van der Waals surface area contributed by atoms with Crippen molar-refractivity contribution in [3.63, 3.8) is 0 Å². The largest absolute Gasteiger partial charge is 0.492 e. The summed E-state index contributed by atoms with van der Waals surface area (Å²) in [7, 11) is -3.84. The first-order valence-corrected chi connectivity index (χ1v) is 9.14. The van der Waals surface area contributed by atoms with Crippen molar-refractivity contribution in [1.82, 2.24) is 4.72 Å². The molecule has 134 valence electrons. The van der Waals surface area contributed by atoms with Crippen LogP contribution in [-0.4, -0.2) is 26.5 Å². The molecule has 2 rings (SSSR count). The summed E-state index contributed by atoms with van der Waals surface area (Å²) in [5, 5.41) is 10.9. The average molecular weight is 364 g/mol. The highest BCUT2D eigenvalue weighted by atomic mass is 32.2. The lowest BCUT2D eigenvalue weighted by Gasteiger charge is -2.12. The second-order valence-electron chi connectivity index (χ2n) is 5.65. The van der Waals surface area contributed by atoms with Crippen molar-refractivity contribution in [2.45, 2.75) is 25.7 Å². The Balaban J connectivity index is 2.01. The maximum atomic E-state index is 12.3. The van der Waals surface area contributed by atoms with Gasteiger partial charge in [-0.1, -0.05) is 18.2 Å². The number of ether oxygens (including phenoxy) is 1. The zero-order chi connectivity index (χ0) is 18.6. The lowest BCUT2D eigenvalue weighted by molar-refractivity contribution is -0.385. The van der Waals surface area contributed by atoms with Crippen molar-refractivity contribution >= 4 is 15.7 Å². The third-order valence-electron chi connectivity index (χ3n) is 3.89. The Bertz CT molecular complexity index is 894. The fraction of sp³-hybridized carbons (Fsp3) is 0.294. The molecule has 0 spiro atoms. The highest BCUT2D eigenvalue weighted by Crippen LogP contribution is 2.22. The predicted molar refractivity (Wildman–Crippen MR) is 94.4 cm³/mol. The summed E-state index contributed by atoms with van der Waals surface area (Å²) < 4.78 is 32.5. The lowest BCUT2D eigenvalue weighted by Crippen LogP contribution is -2.28. The first-order chi connectivity index (χ1) is 11.7. The van der Waals surface area contributed by atoms with E-state index in [1.54, 1.807) is 6.92 Å². The normalized spacial score (nSPS) is 11.3. The van der Waals surface area contributed by atoms with E-state index in [0.717, 1.165) is 17.2 Å². The molecule has 0 saturated carbocycles. The van der Waals surface area contributed by atoms with Crippen LogP contribution in [0.25, 0.3) is 0 Å². The second-order valence-corrected chi connectivity index (χ2v) is 7.42. The van der Waals surface area contributed by atoms with Crippen LogP contribution >= 0.6 is 0 Å². The molecule has 0 aliphatic rings. The molecule has 0 aliphatic carbocycles. The smallest absolute Gasteiger partial charge is 0.273 e. The van der Waals surface area contributed by atoms with Crippen LogP contribution in [-0.2, 0) is 10.0 Å². The minimum absolute atomic E-state index is 0.0530. The highest BCUT2D eigenvalue weighted by Gasteiger charge is 2.19. The third-order valence-corrected chi connectivity index (χ3v) is 5.35. The van der Waals surface area contributed by atoms with Crippen molar-refractivity contribution in [2.24, 2.45) is 0 Å². The molecule has 0 radical (unpaired) electrons. The third kappa shape index (κ3) is 4.55.